The van der Waals surface area contributed by atoms with Crippen LogP contribution in [0.4, 0.5) is 23.1 Å². The zero-order valence-electron chi connectivity index (χ0n) is 14.8. The zero-order valence-corrected chi connectivity index (χ0v) is 14.8. The Morgan fingerprint density at radius 3 is 2.68 bits per heavy atom. The van der Waals surface area contributed by atoms with Crippen LogP contribution in [0.5, 0.6) is 0 Å². The van der Waals surface area contributed by atoms with Gasteiger partial charge in [0.1, 0.15) is 12.4 Å². The fraction of sp³-hybridized carbons (Fsp3) is 0.111. The number of benzene rings is 1. The van der Waals surface area contributed by atoms with Gasteiger partial charge in [0.25, 0.3) is 5.69 Å². The Hall–Kier alpha value is -4.08. The van der Waals surface area contributed by atoms with Gasteiger partial charge in [-0.25, -0.2) is 4.98 Å². The third-order valence-corrected chi connectivity index (χ3v) is 3.82. The summed E-state index contributed by atoms with van der Waals surface area (Å²) >= 11 is 0. The van der Waals surface area contributed by atoms with Crippen molar-refractivity contribution >= 4 is 29.1 Å². The molecule has 3 N–H and O–H groups in total. The molecule has 1 aromatic carbocycles. The van der Waals surface area contributed by atoms with Crippen molar-refractivity contribution in [3.8, 4) is 11.4 Å². The van der Waals surface area contributed by atoms with Crippen molar-refractivity contribution < 1.29 is 14.8 Å². The molecular formula is C18H16N6O4. The lowest BCUT2D eigenvalue weighted by atomic mass is 10.1. The minimum atomic E-state index is -1.06. The first-order valence-electron chi connectivity index (χ1n) is 8.21. The third-order valence-electron chi connectivity index (χ3n) is 3.82. The van der Waals surface area contributed by atoms with Crippen molar-refractivity contribution in [2.24, 2.45) is 0 Å². The van der Waals surface area contributed by atoms with Gasteiger partial charge in [-0.05, 0) is 25.1 Å². The number of carboxylic acid groups (broad SMARTS) is 1. The van der Waals surface area contributed by atoms with Gasteiger partial charge in [0.15, 0.2) is 0 Å². The fourth-order valence-corrected chi connectivity index (χ4v) is 2.49. The number of aromatic nitrogens is 3. The smallest absolute Gasteiger partial charge is 0.322 e. The SMILES string of the molecule is Cc1c(Nc2cc(-c3ccccn3)nc(NCC(=O)O)n2)cccc1[N+](=O)[O-]. The van der Waals surface area contributed by atoms with Gasteiger partial charge >= 0.3 is 5.97 Å². The highest BCUT2D eigenvalue weighted by molar-refractivity contribution is 5.73. The number of rotatable bonds is 7. The van der Waals surface area contributed by atoms with Crippen LogP contribution >= 0.6 is 0 Å². The summed E-state index contributed by atoms with van der Waals surface area (Å²) in [5.41, 5.74) is 1.97. The quantitative estimate of drug-likeness (QED) is 0.416. The molecule has 10 heteroatoms. The van der Waals surface area contributed by atoms with E-state index in [-0.39, 0.29) is 18.2 Å². The van der Waals surface area contributed by atoms with Crippen molar-refractivity contribution in [1.29, 1.82) is 0 Å². The summed E-state index contributed by atoms with van der Waals surface area (Å²) in [6.07, 6.45) is 1.61. The molecule has 3 rings (SSSR count). The van der Waals surface area contributed by atoms with Gasteiger partial charge in [-0.2, -0.15) is 4.98 Å². The molecule has 3 aromatic rings. The van der Waals surface area contributed by atoms with Crippen molar-refractivity contribution in [1.82, 2.24) is 15.0 Å². The zero-order chi connectivity index (χ0) is 20.1. The lowest BCUT2D eigenvalue weighted by Crippen LogP contribution is -2.15. The van der Waals surface area contributed by atoms with Gasteiger partial charge in [-0.15, -0.1) is 0 Å². The molecule has 0 atom stereocenters. The molecule has 2 heterocycles. The molecule has 0 radical (unpaired) electrons. The lowest BCUT2D eigenvalue weighted by molar-refractivity contribution is -0.385. The second kappa shape index (κ2) is 8.08. The molecule has 0 bridgehead atoms. The number of carbonyl (C=O) groups is 1. The van der Waals surface area contributed by atoms with Gasteiger partial charge < -0.3 is 15.7 Å². The van der Waals surface area contributed by atoms with Gasteiger partial charge in [0.2, 0.25) is 5.95 Å². The first-order valence-corrected chi connectivity index (χ1v) is 8.21. The number of aliphatic carboxylic acids is 1. The third kappa shape index (κ3) is 4.36. The Kier molecular flexibility index (Phi) is 5.40. The Morgan fingerprint density at radius 2 is 2.00 bits per heavy atom. The monoisotopic (exact) mass is 380 g/mol. The number of carboxylic acids is 1. The number of nitro groups is 1. The maximum Gasteiger partial charge on any atom is 0.322 e. The van der Waals surface area contributed by atoms with Gasteiger partial charge in [0, 0.05) is 24.0 Å². The summed E-state index contributed by atoms with van der Waals surface area (Å²) in [7, 11) is 0. The highest BCUT2D eigenvalue weighted by Crippen LogP contribution is 2.28. The van der Waals surface area contributed by atoms with Crippen LogP contribution in [0, 0.1) is 17.0 Å². The van der Waals surface area contributed by atoms with E-state index in [9.17, 15) is 14.9 Å². The average molecular weight is 380 g/mol. The van der Waals surface area contributed by atoms with Crippen molar-refractivity contribution in [3.63, 3.8) is 0 Å². The molecular weight excluding hydrogens is 364 g/mol. The molecule has 0 saturated carbocycles. The number of nitrogens with one attached hydrogen (secondary N) is 2. The predicted molar refractivity (Wildman–Crippen MR) is 103 cm³/mol. The van der Waals surface area contributed by atoms with Crippen LogP contribution < -0.4 is 10.6 Å². The van der Waals surface area contributed by atoms with Crippen LogP contribution in [0.2, 0.25) is 0 Å². The summed E-state index contributed by atoms with van der Waals surface area (Å²) in [5, 5.41) is 25.7. The standard InChI is InChI=1S/C18H16N6O4/c1-11-12(6-4-7-15(11)24(27)28)21-16-9-14(13-5-2-3-8-19-13)22-18(23-16)20-10-17(25)26/h2-9H,10H2,1H3,(H,25,26)(H2,20,21,22,23). The van der Waals surface area contributed by atoms with Crippen molar-refractivity contribution in [2.75, 3.05) is 17.2 Å². The first-order chi connectivity index (χ1) is 13.4. The van der Waals surface area contributed by atoms with Crippen LogP contribution in [0.3, 0.4) is 0 Å². The number of hydrogen-bond acceptors (Lipinski definition) is 8. The molecule has 0 aliphatic carbocycles. The Morgan fingerprint density at radius 1 is 1.18 bits per heavy atom. The maximum absolute atomic E-state index is 11.1. The highest BCUT2D eigenvalue weighted by Gasteiger charge is 2.15. The van der Waals surface area contributed by atoms with E-state index in [0.717, 1.165) is 0 Å². The number of hydrogen-bond donors (Lipinski definition) is 3. The highest BCUT2D eigenvalue weighted by atomic mass is 16.6. The fourth-order valence-electron chi connectivity index (χ4n) is 2.49. The van der Waals surface area contributed by atoms with Crippen LogP contribution in [0.25, 0.3) is 11.4 Å². The predicted octanol–water partition coefficient (Wildman–Crippen LogP) is 3.00. The van der Waals surface area contributed by atoms with Gasteiger partial charge in [0.05, 0.1) is 21.9 Å². The summed E-state index contributed by atoms with van der Waals surface area (Å²) in [5.74, 6) is -0.626. The second-order valence-corrected chi connectivity index (χ2v) is 5.76. The average Bonchev–Trinajstić information content (AvgIpc) is 2.68. The van der Waals surface area contributed by atoms with Crippen LogP contribution in [-0.4, -0.2) is 37.5 Å². The molecule has 0 saturated heterocycles. The molecule has 0 amide bonds. The lowest BCUT2D eigenvalue weighted by Gasteiger charge is -2.12. The molecule has 10 nitrogen and oxygen atoms in total. The second-order valence-electron chi connectivity index (χ2n) is 5.76. The van der Waals surface area contributed by atoms with E-state index in [1.54, 1.807) is 49.5 Å². The van der Waals surface area contributed by atoms with Crippen LogP contribution in [0.1, 0.15) is 5.56 Å². The molecule has 0 fully saturated rings. The Labute approximate surface area is 159 Å². The minimum Gasteiger partial charge on any atom is -0.480 e. The Bertz CT molecular complexity index is 1030. The number of nitrogens with zero attached hydrogens (tertiary/aromatic N) is 4. The summed E-state index contributed by atoms with van der Waals surface area (Å²) in [6, 6.07) is 11.6. The van der Waals surface area contributed by atoms with E-state index in [1.165, 1.54) is 6.07 Å². The number of anilines is 3. The van der Waals surface area contributed by atoms with Crippen LogP contribution in [-0.2, 0) is 4.79 Å². The van der Waals surface area contributed by atoms with E-state index in [4.69, 9.17) is 5.11 Å². The topological polar surface area (TPSA) is 143 Å². The van der Waals surface area contributed by atoms with Crippen molar-refractivity contribution in [3.05, 3.63) is 64.3 Å². The van der Waals surface area contributed by atoms with E-state index >= 15 is 0 Å². The molecule has 142 valence electrons. The largest absolute Gasteiger partial charge is 0.480 e. The maximum atomic E-state index is 11.1. The summed E-state index contributed by atoms with van der Waals surface area (Å²) in [6.45, 7) is 1.27. The molecule has 28 heavy (non-hydrogen) atoms. The number of pyridine rings is 1. The first kappa shape index (κ1) is 18.7. The van der Waals surface area contributed by atoms with Crippen LogP contribution in [0.15, 0.2) is 48.7 Å². The van der Waals surface area contributed by atoms with E-state index < -0.39 is 10.9 Å². The molecule has 0 unspecified atom stereocenters. The molecule has 0 aliphatic heterocycles. The van der Waals surface area contributed by atoms with Crippen molar-refractivity contribution in [2.45, 2.75) is 6.92 Å². The van der Waals surface area contributed by atoms with Gasteiger partial charge in [-0.1, -0.05) is 12.1 Å². The van der Waals surface area contributed by atoms with E-state index in [2.05, 4.69) is 25.6 Å². The Balaban J connectivity index is 2.00. The molecule has 0 aliphatic rings. The van der Waals surface area contributed by atoms with E-state index in [1.807, 2.05) is 0 Å². The van der Waals surface area contributed by atoms with E-state index in [0.29, 0.717) is 28.5 Å². The normalized spacial score (nSPS) is 10.3. The summed E-state index contributed by atoms with van der Waals surface area (Å²) in [4.78, 5) is 34.3. The molecule has 2 aromatic heterocycles. The van der Waals surface area contributed by atoms with Gasteiger partial charge in [-0.3, -0.25) is 19.9 Å². The minimum absolute atomic E-state index is 0.0202. The number of nitro benzene ring substituents is 1. The summed E-state index contributed by atoms with van der Waals surface area (Å²) < 4.78 is 0. The molecule has 0 spiro atoms.